The number of halogens is 1. The highest BCUT2D eigenvalue weighted by Gasteiger charge is 2.11. The highest BCUT2D eigenvalue weighted by Crippen LogP contribution is 2.20. The van der Waals surface area contributed by atoms with Gasteiger partial charge in [0.2, 0.25) is 5.95 Å². The molecule has 1 aromatic carbocycles. The van der Waals surface area contributed by atoms with Crippen molar-refractivity contribution in [2.24, 2.45) is 0 Å². The van der Waals surface area contributed by atoms with Gasteiger partial charge < -0.3 is 5.73 Å². The summed E-state index contributed by atoms with van der Waals surface area (Å²) in [6.45, 7) is 3.98. The number of amides is 1. The number of benzene rings is 1. The fraction of sp³-hybridized carbons (Fsp3) is 0.286. The number of hydrogen-bond acceptors (Lipinski definition) is 5. The van der Waals surface area contributed by atoms with E-state index in [4.69, 9.17) is 5.73 Å². The van der Waals surface area contributed by atoms with Crippen LogP contribution in [-0.2, 0) is 12.8 Å². The number of nitrogens with one attached hydrogen (secondary N) is 1. The van der Waals surface area contributed by atoms with E-state index in [1.165, 1.54) is 0 Å². The van der Waals surface area contributed by atoms with E-state index in [2.05, 4.69) is 36.4 Å². The zero-order chi connectivity index (χ0) is 15.4. The topological polar surface area (TPSA) is 93.8 Å². The van der Waals surface area contributed by atoms with Crippen LogP contribution < -0.4 is 11.1 Å². The van der Waals surface area contributed by atoms with Crippen molar-refractivity contribution in [3.63, 3.8) is 0 Å². The lowest BCUT2D eigenvalue weighted by Gasteiger charge is -2.07. The Morgan fingerprint density at radius 2 is 1.95 bits per heavy atom. The molecule has 1 amide bonds. The molecule has 2 rings (SSSR count). The highest BCUT2D eigenvalue weighted by molar-refractivity contribution is 9.10. The molecule has 1 heterocycles. The van der Waals surface area contributed by atoms with Crippen molar-refractivity contribution in [1.29, 1.82) is 0 Å². The lowest BCUT2D eigenvalue weighted by Crippen LogP contribution is -2.16. The molecule has 0 radical (unpaired) electrons. The summed E-state index contributed by atoms with van der Waals surface area (Å²) in [5.41, 5.74) is 8.40. The van der Waals surface area contributed by atoms with E-state index in [-0.39, 0.29) is 11.9 Å². The summed E-state index contributed by atoms with van der Waals surface area (Å²) in [6, 6.07) is 4.99. The molecule has 0 aliphatic carbocycles. The number of aryl methyl sites for hydroxylation is 2. The Kier molecular flexibility index (Phi) is 4.85. The van der Waals surface area contributed by atoms with Crippen LogP contribution in [-0.4, -0.2) is 21.1 Å². The number of nitrogens with two attached hydrogens (primary N) is 1. The second-order valence-corrected chi connectivity index (χ2v) is 5.28. The molecule has 0 aliphatic rings. The molecule has 0 aliphatic heterocycles. The number of nitrogen functional groups attached to an aromatic ring is 1. The van der Waals surface area contributed by atoms with Crippen LogP contribution in [0, 0.1) is 0 Å². The van der Waals surface area contributed by atoms with E-state index in [1.54, 1.807) is 18.2 Å². The Hall–Kier alpha value is -2.02. The number of carbonyl (C=O) groups excluding carboxylic acids is 1. The molecule has 0 saturated carbocycles. The molecule has 6 nitrogen and oxygen atoms in total. The lowest BCUT2D eigenvalue weighted by molar-refractivity contribution is 0.102. The Morgan fingerprint density at radius 3 is 2.57 bits per heavy atom. The third-order valence-corrected chi connectivity index (χ3v) is 3.71. The molecule has 0 spiro atoms. The summed E-state index contributed by atoms with van der Waals surface area (Å²) < 4.78 is 0.748. The number of rotatable bonds is 4. The molecule has 0 unspecified atom stereocenters. The predicted octanol–water partition coefficient (Wildman–Crippen LogP) is 2.59. The smallest absolute Gasteiger partial charge is 0.258 e. The predicted molar refractivity (Wildman–Crippen MR) is 85.1 cm³/mol. The molecule has 2 aromatic rings. The molecular weight excluding hydrogens is 334 g/mol. The second kappa shape index (κ2) is 6.62. The van der Waals surface area contributed by atoms with E-state index in [9.17, 15) is 4.79 Å². The standard InChI is InChI=1S/C14H16BrN5O/c1-3-11-12(4-2)19-20-14(17-11)18-13(21)8-5-6-9(15)10(16)7-8/h5-7H,3-4,16H2,1-2H3,(H,17,18,20,21). The van der Waals surface area contributed by atoms with E-state index in [0.717, 1.165) is 28.7 Å². The van der Waals surface area contributed by atoms with E-state index in [1.807, 2.05) is 13.8 Å². The molecular formula is C14H16BrN5O. The summed E-state index contributed by atoms with van der Waals surface area (Å²) in [5.74, 6) is -0.113. The Labute approximate surface area is 131 Å². The van der Waals surface area contributed by atoms with Crippen LogP contribution in [0.5, 0.6) is 0 Å². The maximum absolute atomic E-state index is 12.1. The molecule has 0 fully saturated rings. The lowest BCUT2D eigenvalue weighted by atomic mass is 10.2. The highest BCUT2D eigenvalue weighted by atomic mass is 79.9. The van der Waals surface area contributed by atoms with E-state index in [0.29, 0.717) is 11.3 Å². The minimum Gasteiger partial charge on any atom is -0.398 e. The summed E-state index contributed by atoms with van der Waals surface area (Å²) in [7, 11) is 0. The third kappa shape index (κ3) is 3.55. The van der Waals surface area contributed by atoms with Gasteiger partial charge in [-0.3, -0.25) is 10.1 Å². The SMILES string of the molecule is CCc1nnc(NC(=O)c2ccc(Br)c(N)c2)nc1CC. The minimum atomic E-state index is -0.317. The fourth-order valence-electron chi connectivity index (χ4n) is 1.85. The normalized spacial score (nSPS) is 10.4. The van der Waals surface area contributed by atoms with Crippen LogP contribution in [0.4, 0.5) is 11.6 Å². The van der Waals surface area contributed by atoms with Crippen molar-refractivity contribution in [3.8, 4) is 0 Å². The van der Waals surface area contributed by atoms with Crippen molar-refractivity contribution in [3.05, 3.63) is 39.6 Å². The third-order valence-electron chi connectivity index (χ3n) is 2.99. The number of carbonyl (C=O) groups is 1. The molecule has 1 aromatic heterocycles. The maximum Gasteiger partial charge on any atom is 0.258 e. The van der Waals surface area contributed by atoms with Gasteiger partial charge in [0.05, 0.1) is 11.4 Å². The second-order valence-electron chi connectivity index (χ2n) is 4.43. The van der Waals surface area contributed by atoms with E-state index >= 15 is 0 Å². The van der Waals surface area contributed by atoms with Gasteiger partial charge in [-0.25, -0.2) is 4.98 Å². The number of hydrogen-bond donors (Lipinski definition) is 2. The quantitative estimate of drug-likeness (QED) is 0.827. The first-order chi connectivity index (χ1) is 10.0. The monoisotopic (exact) mass is 349 g/mol. The number of anilines is 2. The van der Waals surface area contributed by atoms with Crippen LogP contribution >= 0.6 is 15.9 Å². The molecule has 110 valence electrons. The van der Waals surface area contributed by atoms with Gasteiger partial charge in [-0.1, -0.05) is 13.8 Å². The first-order valence-electron chi connectivity index (χ1n) is 6.64. The summed E-state index contributed by atoms with van der Waals surface area (Å²) in [4.78, 5) is 16.5. The molecule has 0 atom stereocenters. The van der Waals surface area contributed by atoms with Crippen LogP contribution in [0.3, 0.4) is 0 Å². The molecule has 3 N–H and O–H groups in total. The zero-order valence-corrected chi connectivity index (χ0v) is 13.4. The van der Waals surface area contributed by atoms with Gasteiger partial charge in [-0.2, -0.15) is 0 Å². The Balaban J connectivity index is 2.21. The zero-order valence-electron chi connectivity index (χ0n) is 11.9. The van der Waals surface area contributed by atoms with Crippen LogP contribution in [0.15, 0.2) is 22.7 Å². The van der Waals surface area contributed by atoms with Gasteiger partial charge in [-0.05, 0) is 47.0 Å². The van der Waals surface area contributed by atoms with Gasteiger partial charge in [0, 0.05) is 15.7 Å². The van der Waals surface area contributed by atoms with Crippen LogP contribution in [0.25, 0.3) is 0 Å². The molecule has 0 saturated heterocycles. The van der Waals surface area contributed by atoms with Crippen LogP contribution in [0.1, 0.15) is 35.6 Å². The maximum atomic E-state index is 12.1. The van der Waals surface area contributed by atoms with Crippen molar-refractivity contribution < 1.29 is 4.79 Å². The van der Waals surface area contributed by atoms with Gasteiger partial charge in [0.25, 0.3) is 5.91 Å². The minimum absolute atomic E-state index is 0.204. The average molecular weight is 350 g/mol. The van der Waals surface area contributed by atoms with Gasteiger partial charge >= 0.3 is 0 Å². The first-order valence-corrected chi connectivity index (χ1v) is 7.43. The first kappa shape index (κ1) is 15.4. The average Bonchev–Trinajstić information content (AvgIpc) is 2.49. The summed E-state index contributed by atoms with van der Waals surface area (Å²) >= 11 is 3.29. The van der Waals surface area contributed by atoms with Crippen LogP contribution in [0.2, 0.25) is 0 Å². The number of nitrogens with zero attached hydrogens (tertiary/aromatic N) is 3. The van der Waals surface area contributed by atoms with E-state index < -0.39 is 0 Å². The Bertz CT molecular complexity index is 674. The summed E-state index contributed by atoms with van der Waals surface area (Å²) in [5, 5.41) is 10.7. The summed E-state index contributed by atoms with van der Waals surface area (Å²) in [6.07, 6.45) is 1.51. The van der Waals surface area contributed by atoms with Crippen molar-refractivity contribution >= 4 is 33.5 Å². The van der Waals surface area contributed by atoms with Crippen molar-refractivity contribution in [2.45, 2.75) is 26.7 Å². The van der Waals surface area contributed by atoms with Gasteiger partial charge in [0.15, 0.2) is 0 Å². The molecule has 21 heavy (non-hydrogen) atoms. The fourth-order valence-corrected chi connectivity index (χ4v) is 2.10. The van der Waals surface area contributed by atoms with Gasteiger partial charge in [0.1, 0.15) is 0 Å². The molecule has 0 bridgehead atoms. The Morgan fingerprint density at radius 1 is 1.24 bits per heavy atom. The molecule has 7 heteroatoms. The largest absolute Gasteiger partial charge is 0.398 e. The number of aromatic nitrogens is 3. The van der Waals surface area contributed by atoms with Gasteiger partial charge in [-0.15, -0.1) is 10.2 Å². The van der Waals surface area contributed by atoms with Crippen molar-refractivity contribution in [1.82, 2.24) is 15.2 Å². The van der Waals surface area contributed by atoms with Crippen molar-refractivity contribution in [2.75, 3.05) is 11.1 Å².